The molecular weight excluding hydrogens is 252 g/mol. The van der Waals surface area contributed by atoms with Crippen LogP contribution in [0.3, 0.4) is 0 Å². The normalized spacial score (nSPS) is 30.4. The lowest BCUT2D eigenvalue weighted by Gasteiger charge is -2.36. The van der Waals surface area contributed by atoms with Gasteiger partial charge in [0.05, 0.1) is 6.10 Å². The van der Waals surface area contributed by atoms with Crippen molar-refractivity contribution in [3.05, 3.63) is 23.3 Å². The molecule has 0 radical (unpaired) electrons. The summed E-state index contributed by atoms with van der Waals surface area (Å²) < 4.78 is 4.74. The fourth-order valence-corrected chi connectivity index (χ4v) is 2.38. The molecule has 6 nitrogen and oxygen atoms in total. The maximum atomic E-state index is 11.7. The molecule has 0 aromatic heterocycles. The van der Waals surface area contributed by atoms with Gasteiger partial charge >= 0.3 is 5.97 Å². The molecule has 0 bridgehead atoms. The summed E-state index contributed by atoms with van der Waals surface area (Å²) in [6.07, 6.45) is 0.741. The van der Waals surface area contributed by atoms with E-state index >= 15 is 0 Å². The van der Waals surface area contributed by atoms with E-state index in [1.807, 2.05) is 0 Å². The average molecular weight is 266 g/mol. The smallest absolute Gasteiger partial charge is 0.302 e. The zero-order chi connectivity index (χ0) is 14.2. The van der Waals surface area contributed by atoms with E-state index in [0.29, 0.717) is 0 Å². The van der Waals surface area contributed by atoms with Gasteiger partial charge in [0.15, 0.2) is 11.6 Å². The minimum Gasteiger partial charge on any atom is -0.463 e. The van der Waals surface area contributed by atoms with Gasteiger partial charge in [-0.2, -0.15) is 0 Å². The highest BCUT2D eigenvalue weighted by molar-refractivity contribution is 6.20. The predicted octanol–water partition coefficient (Wildman–Crippen LogP) is -0.560. The summed E-state index contributed by atoms with van der Waals surface area (Å²) in [5.74, 6) is -1.39. The van der Waals surface area contributed by atoms with Crippen LogP contribution in [0.2, 0.25) is 0 Å². The SMILES string of the molecule is CC(=O)OCC1(O)CC2=C(C(=O)C=CC2=O)[C@@H](O)C1. The van der Waals surface area contributed by atoms with Crippen LogP contribution in [0.1, 0.15) is 19.8 Å². The Morgan fingerprint density at radius 2 is 2.05 bits per heavy atom. The van der Waals surface area contributed by atoms with Gasteiger partial charge in [-0.25, -0.2) is 0 Å². The Hall–Kier alpha value is -1.79. The molecule has 1 unspecified atom stereocenters. The first-order valence-electron chi connectivity index (χ1n) is 5.86. The first-order chi connectivity index (χ1) is 8.82. The van der Waals surface area contributed by atoms with E-state index < -0.39 is 29.2 Å². The molecule has 0 spiro atoms. The number of aliphatic hydroxyl groups excluding tert-OH is 1. The second-order valence-corrected chi connectivity index (χ2v) is 4.86. The highest BCUT2D eigenvalue weighted by Crippen LogP contribution is 2.36. The number of esters is 1. The quantitative estimate of drug-likeness (QED) is 0.513. The number of hydrogen-bond donors (Lipinski definition) is 2. The summed E-state index contributed by atoms with van der Waals surface area (Å²) in [5, 5.41) is 20.2. The van der Waals surface area contributed by atoms with Gasteiger partial charge in [0.1, 0.15) is 12.2 Å². The zero-order valence-electron chi connectivity index (χ0n) is 10.4. The maximum absolute atomic E-state index is 11.7. The van der Waals surface area contributed by atoms with Crippen molar-refractivity contribution >= 4 is 17.5 Å². The third kappa shape index (κ3) is 2.64. The van der Waals surface area contributed by atoms with Crippen molar-refractivity contribution in [2.75, 3.05) is 6.61 Å². The fraction of sp³-hybridized carbons (Fsp3) is 0.462. The van der Waals surface area contributed by atoms with Gasteiger partial charge in [0.25, 0.3) is 0 Å². The number of aliphatic hydroxyl groups is 2. The maximum Gasteiger partial charge on any atom is 0.302 e. The molecule has 6 heteroatoms. The highest BCUT2D eigenvalue weighted by atomic mass is 16.5. The van der Waals surface area contributed by atoms with Crippen molar-refractivity contribution in [3.63, 3.8) is 0 Å². The number of hydrogen-bond acceptors (Lipinski definition) is 6. The van der Waals surface area contributed by atoms with Crippen LogP contribution in [0, 0.1) is 0 Å². The molecular formula is C13H14O6. The minimum atomic E-state index is -1.52. The molecule has 2 rings (SSSR count). The van der Waals surface area contributed by atoms with Crippen LogP contribution < -0.4 is 0 Å². The molecule has 2 aliphatic rings. The van der Waals surface area contributed by atoms with Crippen molar-refractivity contribution in [3.8, 4) is 0 Å². The lowest BCUT2D eigenvalue weighted by atomic mass is 9.74. The van der Waals surface area contributed by atoms with Crippen LogP contribution >= 0.6 is 0 Å². The predicted molar refractivity (Wildman–Crippen MR) is 63.0 cm³/mol. The first-order valence-corrected chi connectivity index (χ1v) is 5.86. The van der Waals surface area contributed by atoms with Crippen LogP contribution in [-0.4, -0.2) is 46.1 Å². The Bertz CT molecular complexity index is 515. The van der Waals surface area contributed by atoms with Gasteiger partial charge in [0.2, 0.25) is 0 Å². The van der Waals surface area contributed by atoms with Crippen LogP contribution in [0.4, 0.5) is 0 Å². The van der Waals surface area contributed by atoms with Crippen LogP contribution in [-0.2, 0) is 19.1 Å². The topological polar surface area (TPSA) is 101 Å². The summed E-state index contributed by atoms with van der Waals surface area (Å²) >= 11 is 0. The molecule has 0 amide bonds. The molecule has 102 valence electrons. The van der Waals surface area contributed by atoms with Crippen LogP contribution in [0.5, 0.6) is 0 Å². The molecule has 0 saturated heterocycles. The number of carbonyl (C=O) groups is 3. The zero-order valence-corrected chi connectivity index (χ0v) is 10.4. The van der Waals surface area contributed by atoms with Crippen molar-refractivity contribution in [2.45, 2.75) is 31.5 Å². The van der Waals surface area contributed by atoms with Gasteiger partial charge in [-0.05, 0) is 12.2 Å². The van der Waals surface area contributed by atoms with E-state index in [9.17, 15) is 24.6 Å². The van der Waals surface area contributed by atoms with E-state index in [2.05, 4.69) is 0 Å². The minimum absolute atomic E-state index is 0.0417. The second kappa shape index (κ2) is 4.71. The third-order valence-corrected chi connectivity index (χ3v) is 3.23. The Labute approximate surface area is 109 Å². The van der Waals surface area contributed by atoms with Crippen LogP contribution in [0.15, 0.2) is 23.3 Å². The fourth-order valence-electron chi connectivity index (χ4n) is 2.38. The number of rotatable bonds is 2. The highest BCUT2D eigenvalue weighted by Gasteiger charge is 2.43. The molecule has 0 aliphatic heterocycles. The van der Waals surface area contributed by atoms with E-state index in [1.54, 1.807) is 0 Å². The Morgan fingerprint density at radius 3 is 2.68 bits per heavy atom. The lowest BCUT2D eigenvalue weighted by molar-refractivity contribution is -0.151. The van der Waals surface area contributed by atoms with Crippen molar-refractivity contribution < 1.29 is 29.3 Å². The monoisotopic (exact) mass is 266 g/mol. The molecule has 19 heavy (non-hydrogen) atoms. The largest absolute Gasteiger partial charge is 0.463 e. The Kier molecular flexibility index (Phi) is 3.38. The molecule has 2 N–H and O–H groups in total. The number of carbonyl (C=O) groups excluding carboxylic acids is 3. The molecule has 0 aromatic rings. The molecule has 0 saturated carbocycles. The summed E-state index contributed by atoms with van der Waals surface area (Å²) in [5.41, 5.74) is -1.38. The van der Waals surface area contributed by atoms with Crippen LogP contribution in [0.25, 0.3) is 0 Å². The molecule has 2 atom stereocenters. The van der Waals surface area contributed by atoms with Gasteiger partial charge in [-0.3, -0.25) is 14.4 Å². The summed E-state index contributed by atoms with van der Waals surface area (Å²) in [6.45, 7) is 0.882. The van der Waals surface area contributed by atoms with E-state index in [-0.39, 0.29) is 30.6 Å². The summed E-state index contributed by atoms with van der Waals surface area (Å²) in [4.78, 5) is 34.1. The standard InChI is InChI=1S/C13H14O6/c1-7(14)19-6-13(18)4-8-9(15)2-3-10(16)12(8)11(17)5-13/h2-3,11,17-18H,4-6H2,1H3/t11-,13?/m0/s1. The number of ketones is 2. The third-order valence-electron chi connectivity index (χ3n) is 3.23. The summed E-state index contributed by atoms with van der Waals surface area (Å²) in [6, 6.07) is 0. The Balaban J connectivity index is 2.27. The van der Waals surface area contributed by atoms with Crippen molar-refractivity contribution in [1.29, 1.82) is 0 Å². The molecule has 0 fully saturated rings. The molecule has 2 aliphatic carbocycles. The van der Waals surface area contributed by atoms with E-state index in [0.717, 1.165) is 12.2 Å². The van der Waals surface area contributed by atoms with Gasteiger partial charge in [0, 0.05) is 30.9 Å². The van der Waals surface area contributed by atoms with E-state index in [1.165, 1.54) is 6.92 Å². The van der Waals surface area contributed by atoms with Gasteiger partial charge < -0.3 is 14.9 Å². The Morgan fingerprint density at radius 1 is 1.42 bits per heavy atom. The van der Waals surface area contributed by atoms with Crippen molar-refractivity contribution in [2.24, 2.45) is 0 Å². The molecule has 0 aromatic carbocycles. The lowest BCUT2D eigenvalue weighted by Crippen LogP contribution is -2.46. The second-order valence-electron chi connectivity index (χ2n) is 4.86. The van der Waals surface area contributed by atoms with Crippen molar-refractivity contribution in [1.82, 2.24) is 0 Å². The molecule has 0 heterocycles. The van der Waals surface area contributed by atoms with Gasteiger partial charge in [-0.15, -0.1) is 0 Å². The average Bonchev–Trinajstić information content (AvgIpc) is 2.31. The summed E-state index contributed by atoms with van der Waals surface area (Å²) in [7, 11) is 0. The van der Waals surface area contributed by atoms with E-state index in [4.69, 9.17) is 4.74 Å². The van der Waals surface area contributed by atoms with Gasteiger partial charge in [-0.1, -0.05) is 0 Å². The number of ether oxygens (including phenoxy) is 1. The number of allylic oxidation sites excluding steroid dienone is 2. The first kappa shape index (κ1) is 13.6.